The Hall–Kier alpha value is -3.27. The minimum atomic E-state index is 0.292. The van der Waals surface area contributed by atoms with E-state index in [9.17, 15) is 0 Å². The van der Waals surface area contributed by atoms with Crippen molar-refractivity contribution >= 4 is 13.3 Å². The van der Waals surface area contributed by atoms with Gasteiger partial charge in [0.1, 0.15) is 5.84 Å². The third kappa shape index (κ3) is 13.9. The molecule has 0 saturated carbocycles. The van der Waals surface area contributed by atoms with Crippen molar-refractivity contribution in [2.75, 3.05) is 14.1 Å². The second-order valence-electron chi connectivity index (χ2n) is 8.08. The Morgan fingerprint density at radius 3 is 2.26 bits per heavy atom. The van der Waals surface area contributed by atoms with Crippen LogP contribution in [0.2, 0.25) is 0 Å². The van der Waals surface area contributed by atoms with Crippen LogP contribution in [0.25, 0.3) is 0 Å². The average molecular weight is 472 g/mol. The highest BCUT2D eigenvalue weighted by Crippen LogP contribution is 2.14. The van der Waals surface area contributed by atoms with Gasteiger partial charge in [-0.25, -0.2) is 0 Å². The molecule has 0 rings (SSSR count). The fraction of sp³-hybridized carbons (Fsp3) is 0.323. The van der Waals surface area contributed by atoms with Crippen molar-refractivity contribution in [1.82, 2.24) is 9.71 Å². The molecule has 3 nitrogen and oxygen atoms in total. The minimum Gasteiger partial charge on any atom is -0.387 e. The smallest absolute Gasteiger partial charge is 0.267 e. The molecule has 1 unspecified atom stereocenters. The van der Waals surface area contributed by atoms with Crippen LogP contribution in [0.1, 0.15) is 47.0 Å². The number of hydrogen-bond acceptors (Lipinski definition) is 2. The lowest BCUT2D eigenvalue weighted by atomic mass is 9.88. The SMILES string of the molecule is C=CCC/C=C\C=C/C(=C)N(B/C=C\C)C(=C)/C=C\C(=C/C)C/C=C\C(=N/C)N(C)C(C)/C=C\C. The number of aliphatic imine (C=N–C) groups is 1. The van der Waals surface area contributed by atoms with Crippen LogP contribution < -0.4 is 0 Å². The minimum absolute atomic E-state index is 0.292. The van der Waals surface area contributed by atoms with Gasteiger partial charge in [0, 0.05) is 31.5 Å². The van der Waals surface area contributed by atoms with Gasteiger partial charge in [-0.1, -0.05) is 73.9 Å². The van der Waals surface area contributed by atoms with Crippen molar-refractivity contribution in [3.63, 3.8) is 0 Å². The van der Waals surface area contributed by atoms with Gasteiger partial charge in [-0.2, -0.15) is 0 Å². The molecule has 0 spiro atoms. The Bertz CT molecular complexity index is 894. The summed E-state index contributed by atoms with van der Waals surface area (Å²) in [5, 5.41) is 0. The zero-order valence-corrected chi connectivity index (χ0v) is 23.0. The number of allylic oxidation sites excluding steroid dienone is 12. The molecule has 0 aliphatic rings. The topological polar surface area (TPSA) is 18.8 Å². The number of amidine groups is 1. The molecule has 4 heteroatoms. The fourth-order valence-electron chi connectivity index (χ4n) is 3.12. The zero-order chi connectivity index (χ0) is 26.5. The van der Waals surface area contributed by atoms with E-state index in [1.54, 1.807) is 0 Å². The summed E-state index contributed by atoms with van der Waals surface area (Å²) >= 11 is 0. The summed E-state index contributed by atoms with van der Waals surface area (Å²) in [6.07, 6.45) is 29.8. The van der Waals surface area contributed by atoms with E-state index < -0.39 is 0 Å². The lowest BCUT2D eigenvalue weighted by molar-refractivity contribution is 0.454. The van der Waals surface area contributed by atoms with Gasteiger partial charge in [0.15, 0.2) is 0 Å². The maximum Gasteiger partial charge on any atom is 0.267 e. The molecule has 0 heterocycles. The van der Waals surface area contributed by atoms with E-state index in [2.05, 4.69) is 116 Å². The van der Waals surface area contributed by atoms with Gasteiger partial charge in [0.2, 0.25) is 0 Å². The predicted molar refractivity (Wildman–Crippen MR) is 162 cm³/mol. The summed E-state index contributed by atoms with van der Waals surface area (Å²) in [5.74, 6) is 3.06. The predicted octanol–water partition coefficient (Wildman–Crippen LogP) is 7.65. The number of nitrogens with zero attached hydrogens (tertiary/aromatic N) is 3. The molecule has 35 heavy (non-hydrogen) atoms. The van der Waals surface area contributed by atoms with Crippen LogP contribution in [0.5, 0.6) is 0 Å². The molecule has 188 valence electrons. The first-order chi connectivity index (χ1) is 16.9. The summed E-state index contributed by atoms with van der Waals surface area (Å²) in [6.45, 7) is 20.6. The summed E-state index contributed by atoms with van der Waals surface area (Å²) in [5.41, 5.74) is 3.00. The number of unbranched alkanes of at least 4 members (excludes halogenated alkanes) is 1. The molecular weight excluding hydrogens is 425 g/mol. The monoisotopic (exact) mass is 471 g/mol. The van der Waals surface area contributed by atoms with E-state index in [0.29, 0.717) is 6.04 Å². The van der Waals surface area contributed by atoms with Crippen molar-refractivity contribution < 1.29 is 0 Å². The molecule has 0 saturated heterocycles. The van der Waals surface area contributed by atoms with E-state index in [-0.39, 0.29) is 0 Å². The van der Waals surface area contributed by atoms with Gasteiger partial charge in [-0.05, 0) is 70.8 Å². The van der Waals surface area contributed by atoms with Gasteiger partial charge in [0.05, 0.1) is 0 Å². The Morgan fingerprint density at radius 2 is 1.66 bits per heavy atom. The lowest BCUT2D eigenvalue weighted by Crippen LogP contribution is -2.32. The quantitative estimate of drug-likeness (QED) is 0.0575. The number of rotatable bonds is 16. The van der Waals surface area contributed by atoms with Crippen LogP contribution in [0.4, 0.5) is 0 Å². The normalized spacial score (nSPS) is 14.2. The molecule has 0 aromatic heterocycles. The van der Waals surface area contributed by atoms with Crippen molar-refractivity contribution in [3.05, 3.63) is 122 Å². The molecule has 0 aliphatic carbocycles. The number of likely N-dealkylation sites (N-methyl/N-ethyl adjacent to an activating group) is 1. The van der Waals surface area contributed by atoms with Gasteiger partial charge < -0.3 is 9.71 Å². The molecule has 0 aromatic rings. The van der Waals surface area contributed by atoms with Crippen LogP contribution in [0.15, 0.2) is 127 Å². The summed E-state index contributed by atoms with van der Waals surface area (Å²) < 4.78 is 0. The van der Waals surface area contributed by atoms with Gasteiger partial charge in [-0.3, -0.25) is 4.99 Å². The maximum absolute atomic E-state index is 4.44. The van der Waals surface area contributed by atoms with Crippen LogP contribution >= 0.6 is 0 Å². The molecule has 0 amide bonds. The molecule has 0 aromatic carbocycles. The van der Waals surface area contributed by atoms with Crippen molar-refractivity contribution in [1.29, 1.82) is 0 Å². The summed E-state index contributed by atoms with van der Waals surface area (Å²) in [4.78, 5) is 8.70. The van der Waals surface area contributed by atoms with Crippen LogP contribution in [0.3, 0.4) is 0 Å². The Morgan fingerprint density at radius 1 is 0.943 bits per heavy atom. The Labute approximate surface area is 216 Å². The Balaban J connectivity index is 5.25. The lowest BCUT2D eigenvalue weighted by Gasteiger charge is -2.24. The van der Waals surface area contributed by atoms with Gasteiger partial charge in [-0.15, -0.1) is 12.6 Å². The Kier molecular flexibility index (Phi) is 18.3. The second-order valence-corrected chi connectivity index (χ2v) is 8.08. The highest BCUT2D eigenvalue weighted by Gasteiger charge is 2.08. The fourth-order valence-corrected chi connectivity index (χ4v) is 3.12. The van der Waals surface area contributed by atoms with Crippen molar-refractivity contribution in [3.8, 4) is 0 Å². The van der Waals surface area contributed by atoms with E-state index in [4.69, 9.17) is 0 Å². The van der Waals surface area contributed by atoms with Crippen molar-refractivity contribution in [2.45, 2.75) is 53.0 Å². The van der Waals surface area contributed by atoms with Gasteiger partial charge >= 0.3 is 0 Å². The van der Waals surface area contributed by atoms with E-state index in [1.165, 1.54) is 5.57 Å². The van der Waals surface area contributed by atoms with E-state index in [0.717, 1.165) is 43.9 Å². The largest absolute Gasteiger partial charge is 0.387 e. The first-order valence-corrected chi connectivity index (χ1v) is 12.4. The molecule has 0 N–H and O–H groups in total. The van der Waals surface area contributed by atoms with Crippen LogP contribution in [0, 0.1) is 0 Å². The first kappa shape index (κ1) is 31.7. The summed E-state index contributed by atoms with van der Waals surface area (Å²) in [7, 11) is 4.62. The molecule has 0 bridgehead atoms. The van der Waals surface area contributed by atoms with Crippen molar-refractivity contribution in [2.24, 2.45) is 4.99 Å². The van der Waals surface area contributed by atoms with Crippen LogP contribution in [-0.2, 0) is 0 Å². The maximum atomic E-state index is 4.44. The number of hydrogen-bond donors (Lipinski definition) is 0. The molecule has 0 radical (unpaired) electrons. The molecule has 0 aliphatic heterocycles. The average Bonchev–Trinajstić information content (AvgIpc) is 2.85. The highest BCUT2D eigenvalue weighted by atomic mass is 15.2. The molecule has 0 fully saturated rings. The highest BCUT2D eigenvalue weighted by molar-refractivity contribution is 6.40. The third-order valence-electron chi connectivity index (χ3n) is 5.44. The third-order valence-corrected chi connectivity index (χ3v) is 5.44. The first-order valence-electron chi connectivity index (χ1n) is 12.4. The van der Waals surface area contributed by atoms with E-state index >= 15 is 0 Å². The standard InChI is InChI=1S/C31H46BN3/c1-10-14-15-16-17-18-21-28(6)35(32-26-12-3)29(7)24-25-30(13-4)22-19-23-31(33-8)34(9)27(5)20-11-2/h10-13,16-21,23-27,32H,1,6-7,14-15,22H2,2-5,8-9H3/b17-16-,20-11-,21-18-,23-19-,25-24-,26-12-,30-13-,33-31+. The molecule has 1 atom stereocenters. The van der Waals surface area contributed by atoms with Gasteiger partial charge in [0.25, 0.3) is 7.41 Å². The second kappa shape index (κ2) is 20.1. The van der Waals surface area contributed by atoms with Crippen LogP contribution in [-0.4, -0.2) is 43.1 Å². The summed E-state index contributed by atoms with van der Waals surface area (Å²) in [6, 6.07) is 0.292. The zero-order valence-electron chi connectivity index (χ0n) is 23.0. The molecular formula is C31H46BN3. The van der Waals surface area contributed by atoms with E-state index in [1.807, 2.05) is 45.2 Å².